The molecule has 0 heterocycles. The Labute approximate surface area is 64.4 Å². The predicted octanol–water partition coefficient (Wildman–Crippen LogP) is 1.46. The average molecular weight is 150 g/mol. The summed E-state index contributed by atoms with van der Waals surface area (Å²) in [6.45, 7) is 3.54. The fourth-order valence-corrected chi connectivity index (χ4v) is 0.571. The van der Waals surface area contributed by atoms with Crippen LogP contribution in [0.25, 0.3) is 0 Å². The highest BCUT2D eigenvalue weighted by molar-refractivity contribution is 5.99. The molecule has 0 atom stereocenters. The van der Waals surface area contributed by atoms with Crippen molar-refractivity contribution < 1.29 is 4.43 Å². The number of nitriles is 1. The minimum atomic E-state index is 0.290. The Kier molecular flexibility index (Phi) is 5.49. The first-order valence-electron chi connectivity index (χ1n) is 2.90. The standard InChI is InChI=1S/C7H8NOSi/c1-2-3-4-5-7(6-8)9-10/h2,5H,1,3-4H2/b7-5+. The Bertz CT molecular complexity index is 169. The Morgan fingerprint density at radius 2 is 2.40 bits per heavy atom. The lowest BCUT2D eigenvalue weighted by molar-refractivity contribution is 0.493. The Morgan fingerprint density at radius 1 is 1.70 bits per heavy atom. The van der Waals surface area contributed by atoms with Gasteiger partial charge in [0.25, 0.3) is 0 Å². The second-order valence-corrected chi connectivity index (χ2v) is 1.85. The van der Waals surface area contributed by atoms with Gasteiger partial charge in [-0.05, 0) is 18.9 Å². The van der Waals surface area contributed by atoms with Gasteiger partial charge < -0.3 is 4.43 Å². The van der Waals surface area contributed by atoms with Crippen LogP contribution in [0.5, 0.6) is 0 Å². The lowest BCUT2D eigenvalue weighted by Gasteiger charge is -1.92. The molecule has 0 aliphatic rings. The van der Waals surface area contributed by atoms with E-state index >= 15 is 0 Å². The van der Waals surface area contributed by atoms with Crippen LogP contribution >= 0.6 is 0 Å². The summed E-state index contributed by atoms with van der Waals surface area (Å²) >= 11 is 0. The maximum Gasteiger partial charge on any atom is 0.342 e. The number of rotatable bonds is 4. The van der Waals surface area contributed by atoms with Gasteiger partial charge in [0, 0.05) is 0 Å². The summed E-state index contributed by atoms with van der Waals surface area (Å²) < 4.78 is 4.52. The highest BCUT2D eigenvalue weighted by Crippen LogP contribution is 1.97. The molecule has 0 amide bonds. The van der Waals surface area contributed by atoms with Gasteiger partial charge in [0.2, 0.25) is 0 Å². The van der Waals surface area contributed by atoms with Gasteiger partial charge in [0.1, 0.15) is 6.07 Å². The van der Waals surface area contributed by atoms with Crippen LogP contribution in [0.15, 0.2) is 24.5 Å². The van der Waals surface area contributed by atoms with Crippen molar-refractivity contribution in [2.45, 2.75) is 12.8 Å². The Morgan fingerprint density at radius 3 is 2.80 bits per heavy atom. The molecule has 0 spiro atoms. The van der Waals surface area contributed by atoms with Crippen LogP contribution in [-0.2, 0) is 4.43 Å². The number of unbranched alkanes of at least 4 members (excludes halogenated alkanes) is 1. The molecule has 10 heavy (non-hydrogen) atoms. The Balaban J connectivity index is 3.66. The summed E-state index contributed by atoms with van der Waals surface area (Å²) in [4.78, 5) is 0. The zero-order valence-electron chi connectivity index (χ0n) is 5.63. The minimum Gasteiger partial charge on any atom is -0.534 e. The van der Waals surface area contributed by atoms with Crippen LogP contribution in [0.1, 0.15) is 12.8 Å². The maximum atomic E-state index is 8.33. The SMILES string of the molecule is C=CCC/C=C(\C#N)O[Si]. The molecule has 0 saturated carbocycles. The van der Waals surface area contributed by atoms with E-state index in [9.17, 15) is 0 Å². The topological polar surface area (TPSA) is 33.0 Å². The fourth-order valence-electron chi connectivity index (χ4n) is 0.442. The molecule has 0 unspecified atom stereocenters. The van der Waals surface area contributed by atoms with Crippen LogP contribution in [-0.4, -0.2) is 10.5 Å². The molecule has 3 heteroatoms. The number of hydrogen-bond acceptors (Lipinski definition) is 2. The zero-order valence-corrected chi connectivity index (χ0v) is 6.63. The van der Waals surface area contributed by atoms with E-state index in [1.807, 2.05) is 6.07 Å². The lowest BCUT2D eigenvalue weighted by atomic mass is 10.3. The molecule has 0 N–H and O–H groups in total. The van der Waals surface area contributed by atoms with Crippen LogP contribution in [0.3, 0.4) is 0 Å². The Hall–Kier alpha value is -1.01. The van der Waals surface area contributed by atoms with Gasteiger partial charge in [0.05, 0.1) is 0 Å². The van der Waals surface area contributed by atoms with Crippen molar-refractivity contribution in [2.24, 2.45) is 0 Å². The van der Waals surface area contributed by atoms with Gasteiger partial charge in [-0.15, -0.1) is 6.58 Å². The smallest absolute Gasteiger partial charge is 0.342 e. The van der Waals surface area contributed by atoms with Gasteiger partial charge >= 0.3 is 10.5 Å². The van der Waals surface area contributed by atoms with E-state index < -0.39 is 0 Å². The van der Waals surface area contributed by atoms with Gasteiger partial charge in [0.15, 0.2) is 5.76 Å². The number of nitrogens with zero attached hydrogens (tertiary/aromatic N) is 1. The van der Waals surface area contributed by atoms with Crippen LogP contribution in [0.2, 0.25) is 0 Å². The molecule has 0 bridgehead atoms. The first-order valence-corrected chi connectivity index (χ1v) is 3.30. The molecule has 0 aliphatic carbocycles. The van der Waals surface area contributed by atoms with E-state index in [-0.39, 0.29) is 0 Å². The second-order valence-electron chi connectivity index (χ2n) is 1.65. The summed E-state index contributed by atoms with van der Waals surface area (Å²) in [6, 6.07) is 1.87. The van der Waals surface area contributed by atoms with Gasteiger partial charge in [-0.25, -0.2) is 0 Å². The first kappa shape index (κ1) is 8.99. The van der Waals surface area contributed by atoms with Crippen molar-refractivity contribution in [2.75, 3.05) is 0 Å². The van der Waals surface area contributed by atoms with Crippen LogP contribution in [0, 0.1) is 11.3 Å². The first-order chi connectivity index (χ1) is 4.85. The van der Waals surface area contributed by atoms with Crippen LogP contribution in [0.4, 0.5) is 0 Å². The molecule has 0 aromatic rings. The van der Waals surface area contributed by atoms with Crippen molar-refractivity contribution in [3.05, 3.63) is 24.5 Å². The molecule has 0 fully saturated rings. The normalized spacial score (nSPS) is 10.2. The van der Waals surface area contributed by atoms with Gasteiger partial charge in [-0.2, -0.15) is 5.26 Å². The summed E-state index contributed by atoms with van der Waals surface area (Å²) in [5.74, 6) is 0.290. The van der Waals surface area contributed by atoms with Crippen molar-refractivity contribution in [1.29, 1.82) is 5.26 Å². The molecule has 2 nitrogen and oxygen atoms in total. The quantitative estimate of drug-likeness (QED) is 0.200. The molecule has 51 valence electrons. The van der Waals surface area contributed by atoms with Gasteiger partial charge in [-0.1, -0.05) is 6.08 Å². The molecule has 0 aromatic carbocycles. The fraction of sp³-hybridized carbons (Fsp3) is 0.286. The molecule has 0 aromatic heterocycles. The van der Waals surface area contributed by atoms with E-state index in [1.54, 1.807) is 12.2 Å². The predicted molar refractivity (Wildman–Crippen MR) is 40.0 cm³/mol. The van der Waals surface area contributed by atoms with E-state index in [0.717, 1.165) is 12.8 Å². The second kappa shape index (κ2) is 6.11. The summed E-state index contributed by atoms with van der Waals surface area (Å²) in [6.07, 6.45) is 5.14. The molecule has 3 radical (unpaired) electrons. The lowest BCUT2D eigenvalue weighted by Crippen LogP contribution is -1.82. The summed E-state index contributed by atoms with van der Waals surface area (Å²) in [5.41, 5.74) is 0. The molecular weight excluding hydrogens is 142 g/mol. The average Bonchev–Trinajstić information content (AvgIpc) is 1.99. The largest absolute Gasteiger partial charge is 0.534 e. The van der Waals surface area contributed by atoms with Gasteiger partial charge in [-0.3, -0.25) is 0 Å². The highest BCUT2D eigenvalue weighted by atomic mass is 28.2. The summed E-state index contributed by atoms with van der Waals surface area (Å²) in [7, 11) is 2.76. The molecular formula is C7H8NOSi. The van der Waals surface area contributed by atoms with Crippen molar-refractivity contribution in [3.8, 4) is 6.07 Å². The zero-order chi connectivity index (χ0) is 7.82. The molecule has 0 aliphatic heterocycles. The summed E-state index contributed by atoms with van der Waals surface area (Å²) in [5, 5.41) is 8.33. The van der Waals surface area contributed by atoms with Crippen molar-refractivity contribution >= 4 is 10.5 Å². The maximum absolute atomic E-state index is 8.33. The minimum absolute atomic E-state index is 0.290. The van der Waals surface area contributed by atoms with E-state index in [0.29, 0.717) is 5.76 Å². The van der Waals surface area contributed by atoms with Crippen LogP contribution < -0.4 is 0 Å². The van der Waals surface area contributed by atoms with Crippen molar-refractivity contribution in [1.82, 2.24) is 0 Å². The third-order valence-corrected chi connectivity index (χ3v) is 1.14. The van der Waals surface area contributed by atoms with E-state index in [4.69, 9.17) is 5.26 Å². The van der Waals surface area contributed by atoms with E-state index in [1.165, 1.54) is 0 Å². The van der Waals surface area contributed by atoms with E-state index in [2.05, 4.69) is 21.5 Å². The van der Waals surface area contributed by atoms with Crippen molar-refractivity contribution in [3.63, 3.8) is 0 Å². The third-order valence-electron chi connectivity index (χ3n) is 0.921. The monoisotopic (exact) mass is 150 g/mol. The highest BCUT2D eigenvalue weighted by Gasteiger charge is 1.88. The molecule has 0 rings (SSSR count). The number of allylic oxidation sites excluding steroid dienone is 3. The molecule has 0 saturated heterocycles. The number of hydrogen-bond donors (Lipinski definition) is 0. The third kappa shape index (κ3) is 3.93.